The molecule has 0 saturated heterocycles. The van der Waals surface area contributed by atoms with E-state index in [1.165, 1.54) is 13.8 Å². The van der Waals surface area contributed by atoms with Crippen LogP contribution in [0.2, 0.25) is 0 Å². The van der Waals surface area contributed by atoms with Crippen molar-refractivity contribution in [3.05, 3.63) is 0 Å². The average Bonchev–Trinajstić information content (AvgIpc) is 1.49. The van der Waals surface area contributed by atoms with Crippen LogP contribution in [0.15, 0.2) is 0 Å². The molecule has 0 unspecified atom stereocenters. The Labute approximate surface area is 78.3 Å². The van der Waals surface area contributed by atoms with Crippen molar-refractivity contribution in [3.63, 3.8) is 0 Å². The van der Waals surface area contributed by atoms with E-state index in [-0.39, 0.29) is 8.41 Å². The summed E-state index contributed by atoms with van der Waals surface area (Å²) >= 11 is 0. The van der Waals surface area contributed by atoms with Crippen molar-refractivity contribution < 1.29 is 28.7 Å². The summed E-state index contributed by atoms with van der Waals surface area (Å²) in [6.45, 7) is 2.70. The fraction of sp³-hybridized carbons (Fsp3) is 1.00. The summed E-state index contributed by atoms with van der Waals surface area (Å²) < 4.78 is 21.2. The minimum atomic E-state index is -4.72. The first-order valence-corrected chi connectivity index (χ1v) is 6.53. The topological polar surface area (TPSA) is 115 Å². The first-order valence-electron chi connectivity index (χ1n) is 3.17. The zero-order chi connectivity index (χ0) is 10.2. The molecule has 13 heavy (non-hydrogen) atoms. The lowest BCUT2D eigenvalue weighted by Gasteiger charge is -2.22. The van der Waals surface area contributed by atoms with Crippen LogP contribution in [0.5, 0.6) is 0 Å². The molecule has 0 saturated carbocycles. The second-order valence-electron chi connectivity index (χ2n) is 2.84. The lowest BCUT2D eigenvalue weighted by atomic mass is 10.3. The fourth-order valence-electron chi connectivity index (χ4n) is 0.973. The van der Waals surface area contributed by atoms with Gasteiger partial charge in [0.05, 0.1) is 0 Å². The molecule has 0 atom stereocenters. The maximum Gasteiger partial charge on any atom is 0.340 e. The van der Waals surface area contributed by atoms with E-state index in [2.05, 4.69) is 0 Å². The molecule has 6 nitrogen and oxygen atoms in total. The van der Waals surface area contributed by atoms with Crippen LogP contribution < -0.4 is 0 Å². The lowest BCUT2D eigenvalue weighted by Crippen LogP contribution is -2.15. The Bertz CT molecular complexity index is 219. The third kappa shape index (κ3) is 4.96. The molecule has 0 aliphatic carbocycles. The second kappa shape index (κ2) is 4.74. The molecule has 3 radical (unpaired) electrons. The van der Waals surface area contributed by atoms with E-state index in [1.807, 2.05) is 0 Å². The average molecular weight is 229 g/mol. The van der Waals surface area contributed by atoms with Crippen LogP contribution in [-0.4, -0.2) is 33.4 Å². The second-order valence-corrected chi connectivity index (χ2v) is 6.71. The monoisotopic (exact) mass is 229 g/mol. The zero-order valence-electron chi connectivity index (χ0n) is 7.23. The van der Waals surface area contributed by atoms with Crippen LogP contribution in [0.4, 0.5) is 0 Å². The Morgan fingerprint density at radius 3 is 1.15 bits per heavy atom. The van der Waals surface area contributed by atoms with Crippen LogP contribution in [0.1, 0.15) is 13.8 Å². The molecule has 0 aliphatic rings. The number of rotatable bonds is 3. The zero-order valence-corrected chi connectivity index (χ0v) is 9.02. The van der Waals surface area contributed by atoms with Crippen LogP contribution in [0, 0.1) is 5.92 Å². The molecule has 0 aromatic carbocycles. The van der Waals surface area contributed by atoms with E-state index in [1.54, 1.807) is 0 Å². The van der Waals surface area contributed by atoms with Gasteiger partial charge in [0.1, 0.15) is 0 Å². The normalized spacial score (nSPS) is 13.2. The molecule has 0 aromatic rings. The smallest absolute Gasteiger partial charge is 0.324 e. The van der Waals surface area contributed by atoms with E-state index in [0.29, 0.717) is 0 Å². The largest absolute Gasteiger partial charge is 0.340 e. The molecule has 0 amide bonds. The molecular formula is C4H12BO6P2. The van der Waals surface area contributed by atoms with Crippen LogP contribution in [-0.2, 0) is 9.13 Å². The first kappa shape index (κ1) is 15.8. The molecule has 0 fully saturated rings. The summed E-state index contributed by atoms with van der Waals surface area (Å²) in [6.07, 6.45) is 0. The van der Waals surface area contributed by atoms with Gasteiger partial charge in [-0.2, -0.15) is 0 Å². The third-order valence-corrected chi connectivity index (χ3v) is 5.66. The minimum Gasteiger partial charge on any atom is -0.324 e. The van der Waals surface area contributed by atoms with Crippen molar-refractivity contribution in [2.45, 2.75) is 19.2 Å². The van der Waals surface area contributed by atoms with E-state index >= 15 is 0 Å². The predicted molar refractivity (Wildman–Crippen MR) is 48.5 cm³/mol. The molecule has 77 valence electrons. The predicted octanol–water partition coefficient (Wildman–Crippen LogP) is -0.0569. The van der Waals surface area contributed by atoms with E-state index in [4.69, 9.17) is 19.6 Å². The van der Waals surface area contributed by atoms with Gasteiger partial charge in [-0.25, -0.2) is 0 Å². The van der Waals surface area contributed by atoms with Crippen LogP contribution in [0.25, 0.3) is 0 Å². The Hall–Kier alpha value is 0.365. The van der Waals surface area contributed by atoms with Gasteiger partial charge in [-0.05, 0) is 5.92 Å². The molecule has 9 heteroatoms. The van der Waals surface area contributed by atoms with Crippen LogP contribution in [0.3, 0.4) is 0 Å². The molecule has 0 spiro atoms. The van der Waals surface area contributed by atoms with Crippen LogP contribution >= 0.6 is 15.2 Å². The lowest BCUT2D eigenvalue weighted by molar-refractivity contribution is 0.324. The van der Waals surface area contributed by atoms with Crippen molar-refractivity contribution in [1.82, 2.24) is 0 Å². The molecule has 0 aliphatic heterocycles. The minimum absolute atomic E-state index is 0. The molecule has 0 rings (SSSR count). The highest BCUT2D eigenvalue weighted by Gasteiger charge is 2.45. The summed E-state index contributed by atoms with van der Waals surface area (Å²) in [4.78, 5) is 34.4. The molecule has 4 N–H and O–H groups in total. The highest BCUT2D eigenvalue weighted by molar-refractivity contribution is 7.70. The highest BCUT2D eigenvalue weighted by atomic mass is 31.2. The van der Waals surface area contributed by atoms with Gasteiger partial charge < -0.3 is 19.6 Å². The van der Waals surface area contributed by atoms with Crippen molar-refractivity contribution in [1.29, 1.82) is 0 Å². The number of hydrogen-bond donors (Lipinski definition) is 4. The fourth-order valence-corrected chi connectivity index (χ4v) is 4.09. The molecule has 0 aromatic heterocycles. The Morgan fingerprint density at radius 2 is 1.15 bits per heavy atom. The summed E-state index contributed by atoms with van der Waals surface area (Å²) in [5.41, 5.74) is 0. The Kier molecular flexibility index (Phi) is 5.76. The van der Waals surface area contributed by atoms with Gasteiger partial charge in [-0.3, -0.25) is 9.13 Å². The molecule has 0 heterocycles. The summed E-state index contributed by atoms with van der Waals surface area (Å²) in [6, 6.07) is 0. The summed E-state index contributed by atoms with van der Waals surface area (Å²) in [7, 11) is -9.43. The van der Waals surface area contributed by atoms with E-state index in [9.17, 15) is 9.13 Å². The third-order valence-electron chi connectivity index (χ3n) is 1.29. The number of hydrogen-bond acceptors (Lipinski definition) is 2. The first-order chi connectivity index (χ1) is 5.07. The summed E-state index contributed by atoms with van der Waals surface area (Å²) in [5, 5.41) is -1.88. The van der Waals surface area contributed by atoms with Gasteiger partial charge >= 0.3 is 15.2 Å². The maximum absolute atomic E-state index is 10.6. The van der Waals surface area contributed by atoms with Crippen molar-refractivity contribution >= 4 is 23.6 Å². The van der Waals surface area contributed by atoms with Gasteiger partial charge in [0.2, 0.25) is 0 Å². The maximum atomic E-state index is 10.6. The Balaban J connectivity index is 0. The van der Waals surface area contributed by atoms with Gasteiger partial charge in [-0.1, -0.05) is 13.8 Å². The molecular weight excluding hydrogens is 217 g/mol. The van der Waals surface area contributed by atoms with Gasteiger partial charge in [-0.15, -0.1) is 0 Å². The van der Waals surface area contributed by atoms with Crippen molar-refractivity contribution in [2.24, 2.45) is 5.92 Å². The molecule has 0 bridgehead atoms. The highest BCUT2D eigenvalue weighted by Crippen LogP contribution is 2.62. The van der Waals surface area contributed by atoms with Gasteiger partial charge in [0.15, 0.2) is 5.40 Å². The SMILES string of the molecule is CC(C)C(P(=O)(O)O)P(=O)(O)O.[B]. The standard InChI is InChI=1S/C4H12O6P2.B/c1-3(2)4(11(5,6)7)12(8,9)10;/h3-4H,1-2H3,(H2,5,6,7)(H2,8,9,10);. The van der Waals surface area contributed by atoms with Gasteiger partial charge in [0.25, 0.3) is 0 Å². The van der Waals surface area contributed by atoms with Gasteiger partial charge in [0, 0.05) is 8.41 Å². The van der Waals surface area contributed by atoms with E-state index in [0.717, 1.165) is 0 Å². The van der Waals surface area contributed by atoms with Crippen molar-refractivity contribution in [2.75, 3.05) is 0 Å². The van der Waals surface area contributed by atoms with Crippen molar-refractivity contribution in [3.8, 4) is 0 Å². The summed E-state index contributed by atoms with van der Waals surface area (Å²) in [5.74, 6) is -0.758. The Morgan fingerprint density at radius 1 is 0.923 bits per heavy atom. The quantitative estimate of drug-likeness (QED) is 0.398. The van der Waals surface area contributed by atoms with E-state index < -0.39 is 26.5 Å².